The molecule has 6 heteroatoms. The van der Waals surface area contributed by atoms with E-state index in [0.717, 1.165) is 0 Å². The normalized spacial score (nSPS) is 10.3. The molecule has 0 fully saturated rings. The van der Waals surface area contributed by atoms with Gasteiger partial charge >= 0.3 is 5.97 Å². The van der Waals surface area contributed by atoms with Gasteiger partial charge in [0.2, 0.25) is 0 Å². The van der Waals surface area contributed by atoms with E-state index in [1.54, 1.807) is 39.5 Å². The molecule has 0 atom stereocenters. The second-order valence-corrected chi connectivity index (χ2v) is 4.16. The fourth-order valence-corrected chi connectivity index (χ4v) is 1.84. The van der Waals surface area contributed by atoms with E-state index in [2.05, 4.69) is 0 Å². The quantitative estimate of drug-likeness (QED) is 0.740. The topological polar surface area (TPSA) is 68.2 Å². The standard InChI is InChI=1S/C14H21NO5/c1-18-8-6-15(7-9-19-2)13-10-11(20-3)4-5-12(13)14(16)17/h4-5,10H,6-9H2,1-3H3,(H,16,17). The van der Waals surface area contributed by atoms with Crippen LogP contribution in [0.3, 0.4) is 0 Å². The molecule has 0 aliphatic carbocycles. The molecule has 1 aromatic carbocycles. The number of methoxy groups -OCH3 is 3. The molecule has 1 aromatic rings. The van der Waals surface area contributed by atoms with Crippen molar-refractivity contribution in [3.05, 3.63) is 23.8 Å². The van der Waals surface area contributed by atoms with E-state index in [1.165, 1.54) is 0 Å². The highest BCUT2D eigenvalue weighted by atomic mass is 16.5. The number of aromatic carboxylic acids is 1. The first-order chi connectivity index (χ1) is 9.63. The lowest BCUT2D eigenvalue weighted by Gasteiger charge is -2.26. The highest BCUT2D eigenvalue weighted by molar-refractivity contribution is 5.94. The first-order valence-corrected chi connectivity index (χ1v) is 6.28. The number of ether oxygens (including phenoxy) is 3. The third-order valence-corrected chi connectivity index (χ3v) is 2.91. The lowest BCUT2D eigenvalue weighted by atomic mass is 10.1. The number of hydrogen-bond donors (Lipinski definition) is 1. The molecule has 6 nitrogen and oxygen atoms in total. The van der Waals surface area contributed by atoms with E-state index >= 15 is 0 Å². The highest BCUT2D eigenvalue weighted by Crippen LogP contribution is 2.26. The summed E-state index contributed by atoms with van der Waals surface area (Å²) in [5.74, 6) is -0.354. The maximum absolute atomic E-state index is 11.3. The third-order valence-electron chi connectivity index (χ3n) is 2.91. The van der Waals surface area contributed by atoms with Gasteiger partial charge in [-0.05, 0) is 12.1 Å². The van der Waals surface area contributed by atoms with E-state index in [9.17, 15) is 9.90 Å². The van der Waals surface area contributed by atoms with E-state index in [0.29, 0.717) is 37.7 Å². The van der Waals surface area contributed by atoms with Crippen LogP contribution in [-0.2, 0) is 9.47 Å². The smallest absolute Gasteiger partial charge is 0.337 e. The first-order valence-electron chi connectivity index (χ1n) is 6.28. The Morgan fingerprint density at radius 2 is 1.75 bits per heavy atom. The van der Waals surface area contributed by atoms with Crippen LogP contribution >= 0.6 is 0 Å². The van der Waals surface area contributed by atoms with Crippen LogP contribution < -0.4 is 9.64 Å². The molecule has 0 aromatic heterocycles. The van der Waals surface area contributed by atoms with Crippen molar-refractivity contribution in [1.29, 1.82) is 0 Å². The van der Waals surface area contributed by atoms with Gasteiger partial charge in [0.25, 0.3) is 0 Å². The summed E-state index contributed by atoms with van der Waals surface area (Å²) in [4.78, 5) is 13.3. The van der Waals surface area contributed by atoms with Gasteiger partial charge in [-0.3, -0.25) is 0 Å². The van der Waals surface area contributed by atoms with Gasteiger partial charge < -0.3 is 24.2 Å². The van der Waals surface area contributed by atoms with Crippen molar-refractivity contribution in [2.24, 2.45) is 0 Å². The van der Waals surface area contributed by atoms with Gasteiger partial charge in [-0.25, -0.2) is 4.79 Å². The summed E-state index contributed by atoms with van der Waals surface area (Å²) in [6.07, 6.45) is 0. The van der Waals surface area contributed by atoms with E-state index < -0.39 is 5.97 Å². The Morgan fingerprint density at radius 1 is 1.15 bits per heavy atom. The summed E-state index contributed by atoms with van der Waals surface area (Å²) < 4.78 is 15.3. The van der Waals surface area contributed by atoms with Gasteiger partial charge in [-0.15, -0.1) is 0 Å². The average molecular weight is 283 g/mol. The van der Waals surface area contributed by atoms with Crippen LogP contribution in [0.15, 0.2) is 18.2 Å². The minimum absolute atomic E-state index is 0.234. The monoisotopic (exact) mass is 283 g/mol. The molecular weight excluding hydrogens is 262 g/mol. The number of nitrogens with zero attached hydrogens (tertiary/aromatic N) is 1. The van der Waals surface area contributed by atoms with Gasteiger partial charge in [0.15, 0.2) is 0 Å². The number of carboxylic acids is 1. The Morgan fingerprint density at radius 3 is 2.20 bits per heavy atom. The van der Waals surface area contributed by atoms with Gasteiger partial charge in [0, 0.05) is 33.4 Å². The van der Waals surface area contributed by atoms with Crippen molar-refractivity contribution in [2.45, 2.75) is 0 Å². The van der Waals surface area contributed by atoms with Crippen LogP contribution in [0.2, 0.25) is 0 Å². The Kier molecular flexibility index (Phi) is 6.83. The molecule has 0 aliphatic heterocycles. The highest BCUT2D eigenvalue weighted by Gasteiger charge is 2.17. The molecule has 112 valence electrons. The predicted molar refractivity (Wildman–Crippen MR) is 75.9 cm³/mol. The molecule has 0 saturated heterocycles. The van der Waals surface area contributed by atoms with Crippen LogP contribution in [-0.4, -0.2) is 58.7 Å². The number of benzene rings is 1. The summed E-state index contributed by atoms with van der Waals surface area (Å²) >= 11 is 0. The van der Waals surface area contributed by atoms with Crippen molar-refractivity contribution in [2.75, 3.05) is 52.5 Å². The van der Waals surface area contributed by atoms with E-state index in [1.807, 2.05) is 4.90 Å². The zero-order valence-corrected chi connectivity index (χ0v) is 12.1. The molecule has 0 amide bonds. The van der Waals surface area contributed by atoms with Crippen molar-refractivity contribution in [1.82, 2.24) is 0 Å². The van der Waals surface area contributed by atoms with Crippen molar-refractivity contribution >= 4 is 11.7 Å². The molecule has 0 spiro atoms. The van der Waals surface area contributed by atoms with Crippen molar-refractivity contribution in [3.63, 3.8) is 0 Å². The van der Waals surface area contributed by atoms with Crippen molar-refractivity contribution < 1.29 is 24.1 Å². The molecular formula is C14H21NO5. The lowest BCUT2D eigenvalue weighted by Crippen LogP contribution is -2.32. The molecule has 0 aliphatic rings. The SMILES string of the molecule is COCCN(CCOC)c1cc(OC)ccc1C(=O)O. The second-order valence-electron chi connectivity index (χ2n) is 4.16. The average Bonchev–Trinajstić information content (AvgIpc) is 2.46. The zero-order chi connectivity index (χ0) is 15.0. The maximum Gasteiger partial charge on any atom is 0.337 e. The maximum atomic E-state index is 11.3. The largest absolute Gasteiger partial charge is 0.497 e. The van der Waals surface area contributed by atoms with E-state index in [4.69, 9.17) is 14.2 Å². The summed E-state index contributed by atoms with van der Waals surface area (Å²) in [6, 6.07) is 4.90. The minimum atomic E-state index is -0.970. The lowest BCUT2D eigenvalue weighted by molar-refractivity contribution is 0.0697. The first kappa shape index (κ1) is 16.3. The third kappa shape index (κ3) is 4.40. The Labute approximate surface area is 118 Å². The number of carboxylic acid groups (broad SMARTS) is 1. The molecule has 0 bridgehead atoms. The fourth-order valence-electron chi connectivity index (χ4n) is 1.84. The number of rotatable bonds is 9. The fraction of sp³-hybridized carbons (Fsp3) is 0.500. The molecule has 0 saturated carbocycles. The second kappa shape index (κ2) is 8.39. The minimum Gasteiger partial charge on any atom is -0.497 e. The van der Waals surface area contributed by atoms with Crippen LogP contribution in [0.5, 0.6) is 5.75 Å². The van der Waals surface area contributed by atoms with Crippen molar-refractivity contribution in [3.8, 4) is 5.75 Å². The molecule has 0 unspecified atom stereocenters. The van der Waals surface area contributed by atoms with Gasteiger partial charge in [-0.2, -0.15) is 0 Å². The van der Waals surface area contributed by atoms with Gasteiger partial charge in [0.1, 0.15) is 5.75 Å². The summed E-state index contributed by atoms with van der Waals surface area (Å²) in [5.41, 5.74) is 0.837. The Bertz CT molecular complexity index is 428. The van der Waals surface area contributed by atoms with Crippen LogP contribution in [0, 0.1) is 0 Å². The molecule has 1 N–H and O–H groups in total. The number of anilines is 1. The Balaban J connectivity index is 3.09. The predicted octanol–water partition coefficient (Wildman–Crippen LogP) is 1.49. The number of carbonyl (C=O) groups is 1. The van der Waals surface area contributed by atoms with Crippen LogP contribution in [0.1, 0.15) is 10.4 Å². The summed E-state index contributed by atoms with van der Waals surface area (Å²) in [7, 11) is 4.77. The van der Waals surface area contributed by atoms with Gasteiger partial charge in [-0.1, -0.05) is 0 Å². The molecule has 1 rings (SSSR count). The van der Waals surface area contributed by atoms with Gasteiger partial charge in [0.05, 0.1) is 31.6 Å². The molecule has 0 heterocycles. The van der Waals surface area contributed by atoms with Crippen LogP contribution in [0.4, 0.5) is 5.69 Å². The number of hydrogen-bond acceptors (Lipinski definition) is 5. The molecule has 20 heavy (non-hydrogen) atoms. The Hall–Kier alpha value is -1.79. The molecule has 0 radical (unpaired) electrons. The van der Waals surface area contributed by atoms with E-state index in [-0.39, 0.29) is 5.56 Å². The van der Waals surface area contributed by atoms with Crippen LogP contribution in [0.25, 0.3) is 0 Å². The zero-order valence-electron chi connectivity index (χ0n) is 12.1. The summed E-state index contributed by atoms with van der Waals surface area (Å²) in [6.45, 7) is 2.15. The summed E-state index contributed by atoms with van der Waals surface area (Å²) in [5, 5.41) is 9.30.